The number of unbranched alkanes of at least 4 members (excludes halogenated alkanes) is 1. The van der Waals surface area contributed by atoms with E-state index in [-0.39, 0.29) is 41.2 Å². The number of aryl methyl sites for hydroxylation is 1. The lowest BCUT2D eigenvalue weighted by molar-refractivity contribution is -0.121. The van der Waals surface area contributed by atoms with Gasteiger partial charge >= 0.3 is 0 Å². The van der Waals surface area contributed by atoms with Crippen LogP contribution in [0.15, 0.2) is 54.6 Å². The normalized spacial score (nSPS) is 11.3. The van der Waals surface area contributed by atoms with Gasteiger partial charge in [-0.3, -0.25) is 9.59 Å². The summed E-state index contributed by atoms with van der Waals surface area (Å²) in [7, 11) is 1.47. The van der Waals surface area contributed by atoms with Crippen molar-refractivity contribution < 1.29 is 34.8 Å². The summed E-state index contributed by atoms with van der Waals surface area (Å²) < 4.78 is 5.26. The zero-order valence-corrected chi connectivity index (χ0v) is 24.7. The average molecular weight is 592 g/mol. The van der Waals surface area contributed by atoms with Crippen LogP contribution in [-0.4, -0.2) is 65.5 Å². The molecule has 0 aliphatic rings. The van der Waals surface area contributed by atoms with Gasteiger partial charge in [0.25, 0.3) is 0 Å². The highest BCUT2D eigenvalue weighted by Gasteiger charge is 2.15. The number of nitrogens with one attached hydrogen (secondary N) is 3. The molecule has 230 valence electrons. The number of methoxy groups -OCH3 is 1. The Morgan fingerprint density at radius 2 is 1.53 bits per heavy atom. The Hall–Kier alpha value is -4.70. The summed E-state index contributed by atoms with van der Waals surface area (Å²) in [5.41, 5.74) is 3.90. The monoisotopic (exact) mass is 591 g/mol. The number of phenolic OH excluding ortho intramolecular Hbond substituents is 4. The summed E-state index contributed by atoms with van der Waals surface area (Å²) in [6.07, 6.45) is 4.66. The van der Waals surface area contributed by atoms with E-state index < -0.39 is 0 Å². The van der Waals surface area contributed by atoms with Gasteiger partial charge in [0, 0.05) is 33.0 Å². The van der Waals surface area contributed by atoms with Gasteiger partial charge in [0.05, 0.1) is 7.11 Å². The Kier molecular flexibility index (Phi) is 12.7. The van der Waals surface area contributed by atoms with Gasteiger partial charge in [-0.1, -0.05) is 18.2 Å². The van der Waals surface area contributed by atoms with Crippen LogP contribution in [0, 0.1) is 0 Å². The Morgan fingerprint density at radius 1 is 0.814 bits per heavy atom. The third-order valence-electron chi connectivity index (χ3n) is 6.85. The molecule has 0 fully saturated rings. The van der Waals surface area contributed by atoms with Crippen molar-refractivity contribution in [1.29, 1.82) is 0 Å². The number of phenols is 4. The molecule has 0 aromatic heterocycles. The molecule has 3 aromatic carbocycles. The third kappa shape index (κ3) is 10.9. The summed E-state index contributed by atoms with van der Waals surface area (Å²) >= 11 is 0. The van der Waals surface area contributed by atoms with Crippen LogP contribution in [0.2, 0.25) is 0 Å². The van der Waals surface area contributed by atoms with E-state index in [1.54, 1.807) is 24.3 Å². The van der Waals surface area contributed by atoms with Crippen LogP contribution in [0.3, 0.4) is 0 Å². The van der Waals surface area contributed by atoms with Gasteiger partial charge < -0.3 is 41.1 Å². The first kappa shape index (κ1) is 32.8. The van der Waals surface area contributed by atoms with Gasteiger partial charge in [0.1, 0.15) is 5.75 Å². The van der Waals surface area contributed by atoms with E-state index in [1.807, 2.05) is 18.2 Å². The lowest BCUT2D eigenvalue weighted by Gasteiger charge is -2.17. The van der Waals surface area contributed by atoms with Crippen molar-refractivity contribution in [3.05, 3.63) is 76.9 Å². The van der Waals surface area contributed by atoms with Crippen molar-refractivity contribution in [3.63, 3.8) is 0 Å². The van der Waals surface area contributed by atoms with Crippen molar-refractivity contribution in [2.75, 3.05) is 33.3 Å². The average Bonchev–Trinajstić information content (AvgIpc) is 2.98. The van der Waals surface area contributed by atoms with Crippen molar-refractivity contribution in [2.45, 2.75) is 39.0 Å². The summed E-state index contributed by atoms with van der Waals surface area (Å²) in [5.74, 6) is -0.244. The number of aromatic hydroxyl groups is 4. The lowest BCUT2D eigenvalue weighted by atomic mass is 9.93. The van der Waals surface area contributed by atoms with Crippen LogP contribution < -0.4 is 20.7 Å². The van der Waals surface area contributed by atoms with Crippen LogP contribution in [-0.2, 0) is 22.4 Å². The fourth-order valence-electron chi connectivity index (χ4n) is 4.54. The zero-order chi connectivity index (χ0) is 31.2. The molecule has 0 aliphatic heterocycles. The summed E-state index contributed by atoms with van der Waals surface area (Å²) in [4.78, 5) is 23.8. The lowest BCUT2D eigenvalue weighted by Crippen LogP contribution is -2.26. The molecular formula is C33H41N3O7. The SMILES string of the molecule is COc1cc(/C=C(/CNCCCCNC(C)=O)c2cc(O)c(O)cc2CCC(=O)NCCc2ccc(O)cc2)ccc1O. The second-order valence-corrected chi connectivity index (χ2v) is 10.2. The molecule has 2 amide bonds. The fraction of sp³-hybridized carbons (Fsp3) is 0.333. The number of rotatable bonds is 16. The molecule has 3 aromatic rings. The van der Waals surface area contributed by atoms with Crippen molar-refractivity contribution in [3.8, 4) is 28.7 Å². The van der Waals surface area contributed by atoms with Gasteiger partial charge in [-0.25, -0.2) is 0 Å². The van der Waals surface area contributed by atoms with E-state index in [4.69, 9.17) is 4.74 Å². The quantitative estimate of drug-likeness (QED) is 0.0751. The molecule has 0 saturated heterocycles. The number of ether oxygens (including phenoxy) is 1. The number of carbonyl (C=O) groups is 2. The summed E-state index contributed by atoms with van der Waals surface area (Å²) in [6.45, 7) is 3.62. The highest BCUT2D eigenvalue weighted by Crippen LogP contribution is 2.34. The second-order valence-electron chi connectivity index (χ2n) is 10.2. The Morgan fingerprint density at radius 3 is 2.26 bits per heavy atom. The molecule has 7 N–H and O–H groups in total. The zero-order valence-electron chi connectivity index (χ0n) is 24.7. The first-order valence-corrected chi connectivity index (χ1v) is 14.3. The molecular weight excluding hydrogens is 550 g/mol. The smallest absolute Gasteiger partial charge is 0.220 e. The van der Waals surface area contributed by atoms with E-state index in [0.717, 1.165) is 29.5 Å². The highest BCUT2D eigenvalue weighted by atomic mass is 16.5. The minimum atomic E-state index is -0.276. The van der Waals surface area contributed by atoms with Gasteiger partial charge in [-0.2, -0.15) is 0 Å². The molecule has 10 nitrogen and oxygen atoms in total. The summed E-state index contributed by atoms with van der Waals surface area (Å²) in [6, 6.07) is 14.8. The molecule has 0 bridgehead atoms. The van der Waals surface area contributed by atoms with Gasteiger partial charge in [0.15, 0.2) is 23.0 Å². The van der Waals surface area contributed by atoms with Crippen LogP contribution >= 0.6 is 0 Å². The molecule has 0 unspecified atom stereocenters. The number of hydrogen-bond acceptors (Lipinski definition) is 8. The maximum absolute atomic E-state index is 12.7. The topological polar surface area (TPSA) is 160 Å². The van der Waals surface area contributed by atoms with Crippen LogP contribution in [0.5, 0.6) is 28.7 Å². The predicted octanol–water partition coefficient (Wildman–Crippen LogP) is 3.86. The van der Waals surface area contributed by atoms with Gasteiger partial charge in [-0.05, 0) is 103 Å². The standard InChI is InChI=1S/C33H41N3O7/c1-22(37)35-15-4-3-14-34-21-26(17-24-7-11-29(39)32(18-24)43-2)28-20-31(41)30(40)19-25(28)8-12-33(42)36-16-13-23-5-9-27(38)10-6-23/h5-7,9-11,17-20,34,38-41H,3-4,8,12-16,21H2,1-2H3,(H,35,37)(H,36,42)/b26-17-. The second kappa shape index (κ2) is 16.7. The predicted molar refractivity (Wildman–Crippen MR) is 166 cm³/mol. The molecule has 0 atom stereocenters. The number of carbonyl (C=O) groups excluding carboxylic acids is 2. The number of amides is 2. The van der Waals surface area contributed by atoms with Crippen LogP contribution in [0.4, 0.5) is 0 Å². The molecule has 0 saturated carbocycles. The van der Waals surface area contributed by atoms with Crippen molar-refractivity contribution in [2.24, 2.45) is 0 Å². The molecule has 10 heteroatoms. The first-order valence-electron chi connectivity index (χ1n) is 14.3. The van der Waals surface area contributed by atoms with E-state index in [2.05, 4.69) is 16.0 Å². The van der Waals surface area contributed by atoms with E-state index in [9.17, 15) is 30.0 Å². The van der Waals surface area contributed by atoms with Gasteiger partial charge in [-0.15, -0.1) is 0 Å². The van der Waals surface area contributed by atoms with Gasteiger partial charge in [0.2, 0.25) is 11.8 Å². The molecule has 0 spiro atoms. The molecule has 0 radical (unpaired) electrons. The Labute approximate surface area is 252 Å². The largest absolute Gasteiger partial charge is 0.508 e. The Balaban J connectivity index is 1.75. The first-order chi connectivity index (χ1) is 20.7. The van der Waals surface area contributed by atoms with E-state index in [1.165, 1.54) is 32.2 Å². The summed E-state index contributed by atoms with van der Waals surface area (Å²) in [5, 5.41) is 49.3. The van der Waals surface area contributed by atoms with Crippen LogP contribution in [0.25, 0.3) is 11.6 Å². The molecule has 43 heavy (non-hydrogen) atoms. The maximum Gasteiger partial charge on any atom is 0.220 e. The fourth-order valence-corrected chi connectivity index (χ4v) is 4.54. The maximum atomic E-state index is 12.7. The molecule has 0 heterocycles. The molecule has 0 aliphatic carbocycles. The van der Waals surface area contributed by atoms with E-state index >= 15 is 0 Å². The van der Waals surface area contributed by atoms with Crippen molar-refractivity contribution >= 4 is 23.5 Å². The van der Waals surface area contributed by atoms with E-state index in [0.29, 0.717) is 55.9 Å². The Bertz CT molecular complexity index is 1400. The number of benzene rings is 3. The minimum absolute atomic E-state index is 0.0119. The third-order valence-corrected chi connectivity index (χ3v) is 6.85. The number of hydrogen-bond donors (Lipinski definition) is 7. The van der Waals surface area contributed by atoms with Crippen molar-refractivity contribution in [1.82, 2.24) is 16.0 Å². The highest BCUT2D eigenvalue weighted by molar-refractivity contribution is 5.85. The minimum Gasteiger partial charge on any atom is -0.508 e. The molecule has 3 rings (SSSR count). The van der Waals surface area contributed by atoms with Crippen LogP contribution in [0.1, 0.15) is 48.4 Å².